The van der Waals surface area contributed by atoms with Crippen molar-refractivity contribution in [2.24, 2.45) is 0 Å². The van der Waals surface area contributed by atoms with Gasteiger partial charge in [0.2, 0.25) is 11.8 Å². The molecule has 0 bridgehead atoms. The first-order chi connectivity index (χ1) is 14.2. The summed E-state index contributed by atoms with van der Waals surface area (Å²) >= 11 is 0. The Balaban J connectivity index is 1.93. The molecule has 0 atom stereocenters. The van der Waals surface area contributed by atoms with Gasteiger partial charge in [0.1, 0.15) is 11.3 Å². The van der Waals surface area contributed by atoms with Crippen molar-refractivity contribution in [1.82, 2.24) is 10.3 Å². The van der Waals surface area contributed by atoms with Crippen LogP contribution in [0.5, 0.6) is 5.75 Å². The van der Waals surface area contributed by atoms with Gasteiger partial charge in [-0.2, -0.15) is 0 Å². The maximum atomic E-state index is 12.5. The van der Waals surface area contributed by atoms with Crippen molar-refractivity contribution in [3.8, 4) is 17.2 Å². The Morgan fingerprint density at radius 2 is 1.93 bits per heavy atom. The standard InChI is InChI=1S/C23H25N3O4/c1-13-6-7-17-18(10-13)30-21(24-17)15-11-14(26-9-8-19(27)25-22(26)28)12-16(20(15)29-5)23(2,3)4/h6-7,10-12H,8-9H2,1-5H3,(H,25,27,28). The van der Waals surface area contributed by atoms with Gasteiger partial charge < -0.3 is 9.15 Å². The number of carbonyl (C=O) groups excluding carboxylic acids is 2. The van der Waals surface area contributed by atoms with E-state index >= 15 is 0 Å². The number of aryl methyl sites for hydroxylation is 1. The monoisotopic (exact) mass is 407 g/mol. The molecule has 7 heteroatoms. The number of imide groups is 1. The number of benzene rings is 2. The molecule has 1 N–H and O–H groups in total. The lowest BCUT2D eigenvalue weighted by molar-refractivity contribution is -0.120. The van der Waals surface area contributed by atoms with Crippen molar-refractivity contribution in [3.05, 3.63) is 41.5 Å². The van der Waals surface area contributed by atoms with Gasteiger partial charge in [-0.05, 0) is 42.2 Å². The Kier molecular flexibility index (Phi) is 4.76. The van der Waals surface area contributed by atoms with Crippen LogP contribution in [0.25, 0.3) is 22.6 Å². The molecule has 1 aliphatic heterocycles. The summed E-state index contributed by atoms with van der Waals surface area (Å²) < 4.78 is 11.9. The molecule has 3 amide bonds. The number of methoxy groups -OCH3 is 1. The Labute approximate surface area is 175 Å². The molecule has 0 unspecified atom stereocenters. The fourth-order valence-corrected chi connectivity index (χ4v) is 3.66. The van der Waals surface area contributed by atoms with Crippen LogP contribution < -0.4 is 15.0 Å². The Morgan fingerprint density at radius 3 is 2.60 bits per heavy atom. The molecule has 2 aromatic carbocycles. The van der Waals surface area contributed by atoms with Crippen LogP contribution in [0.3, 0.4) is 0 Å². The van der Waals surface area contributed by atoms with Gasteiger partial charge in [-0.25, -0.2) is 9.78 Å². The number of rotatable bonds is 3. The summed E-state index contributed by atoms with van der Waals surface area (Å²) in [6, 6.07) is 9.18. The smallest absolute Gasteiger partial charge is 0.328 e. The molecule has 1 fully saturated rings. The molecule has 0 saturated carbocycles. The second-order valence-corrected chi connectivity index (χ2v) is 8.57. The zero-order valence-electron chi connectivity index (χ0n) is 17.8. The summed E-state index contributed by atoms with van der Waals surface area (Å²) in [7, 11) is 1.62. The van der Waals surface area contributed by atoms with Crippen molar-refractivity contribution in [3.63, 3.8) is 0 Å². The molecular formula is C23H25N3O4. The highest BCUT2D eigenvalue weighted by molar-refractivity contribution is 6.06. The van der Waals surface area contributed by atoms with Crippen molar-refractivity contribution < 1.29 is 18.7 Å². The third-order valence-electron chi connectivity index (χ3n) is 5.23. The maximum Gasteiger partial charge on any atom is 0.328 e. The molecule has 7 nitrogen and oxygen atoms in total. The normalized spacial score (nSPS) is 14.9. The van der Waals surface area contributed by atoms with Crippen molar-refractivity contribution in [1.29, 1.82) is 0 Å². The topological polar surface area (TPSA) is 84.7 Å². The predicted octanol–water partition coefficient (Wildman–Crippen LogP) is 4.56. The first-order valence-corrected chi connectivity index (χ1v) is 9.89. The van der Waals surface area contributed by atoms with Crippen molar-refractivity contribution >= 4 is 28.7 Å². The van der Waals surface area contributed by atoms with Crippen LogP contribution in [0.4, 0.5) is 10.5 Å². The minimum atomic E-state index is -0.435. The van der Waals surface area contributed by atoms with Gasteiger partial charge in [-0.1, -0.05) is 26.8 Å². The van der Waals surface area contributed by atoms with Crippen LogP contribution in [0.2, 0.25) is 0 Å². The predicted molar refractivity (Wildman–Crippen MR) is 115 cm³/mol. The van der Waals surface area contributed by atoms with Gasteiger partial charge in [0, 0.05) is 24.2 Å². The molecule has 156 valence electrons. The van der Waals surface area contributed by atoms with Gasteiger partial charge in [-0.3, -0.25) is 15.0 Å². The van der Waals surface area contributed by atoms with Crippen LogP contribution in [0.1, 0.15) is 38.3 Å². The quantitative estimate of drug-likeness (QED) is 0.688. The fourth-order valence-electron chi connectivity index (χ4n) is 3.66. The first-order valence-electron chi connectivity index (χ1n) is 9.89. The van der Waals surface area contributed by atoms with Crippen molar-refractivity contribution in [2.45, 2.75) is 39.5 Å². The van der Waals surface area contributed by atoms with Gasteiger partial charge in [0.05, 0.1) is 12.7 Å². The zero-order valence-corrected chi connectivity index (χ0v) is 17.8. The van der Waals surface area contributed by atoms with E-state index in [-0.39, 0.29) is 17.7 Å². The van der Waals surface area contributed by atoms with E-state index in [1.165, 1.54) is 0 Å². The highest BCUT2D eigenvalue weighted by atomic mass is 16.5. The van der Waals surface area contributed by atoms with Gasteiger partial charge in [0.25, 0.3) is 0 Å². The third-order valence-corrected chi connectivity index (χ3v) is 5.23. The van der Waals surface area contributed by atoms with E-state index in [4.69, 9.17) is 9.15 Å². The molecule has 2 heterocycles. The summed E-state index contributed by atoms with van der Waals surface area (Å²) in [6.45, 7) is 8.54. The lowest BCUT2D eigenvalue weighted by atomic mass is 9.84. The molecule has 1 saturated heterocycles. The average molecular weight is 407 g/mol. The maximum absolute atomic E-state index is 12.5. The number of nitrogens with zero attached hydrogens (tertiary/aromatic N) is 2. The summed E-state index contributed by atoms with van der Waals surface area (Å²) in [5, 5.41) is 2.38. The lowest BCUT2D eigenvalue weighted by Gasteiger charge is -2.30. The van der Waals surface area contributed by atoms with Crippen molar-refractivity contribution in [2.75, 3.05) is 18.6 Å². The Hall–Kier alpha value is -3.35. The third kappa shape index (κ3) is 3.51. The van der Waals surface area contributed by atoms with E-state index in [1.807, 2.05) is 37.3 Å². The summed E-state index contributed by atoms with van der Waals surface area (Å²) in [6.07, 6.45) is 0.250. The van der Waals surface area contributed by atoms with E-state index in [2.05, 4.69) is 31.1 Å². The Morgan fingerprint density at radius 1 is 1.17 bits per heavy atom. The molecule has 3 aromatic rings. The van der Waals surface area contributed by atoms with Crippen LogP contribution in [-0.4, -0.2) is 30.6 Å². The fraction of sp³-hybridized carbons (Fsp3) is 0.348. The number of hydrogen-bond donors (Lipinski definition) is 1. The van der Waals surface area contributed by atoms with E-state index in [0.717, 1.165) is 16.6 Å². The molecule has 0 radical (unpaired) electrons. The zero-order chi connectivity index (χ0) is 21.6. The highest BCUT2D eigenvalue weighted by Gasteiger charge is 2.30. The van der Waals surface area contributed by atoms with Crippen LogP contribution >= 0.6 is 0 Å². The number of ether oxygens (including phenoxy) is 1. The minimum Gasteiger partial charge on any atom is -0.496 e. The van der Waals surface area contributed by atoms with E-state index in [0.29, 0.717) is 35.0 Å². The number of oxazole rings is 1. The number of urea groups is 1. The Bertz CT molecular complexity index is 1160. The molecular weight excluding hydrogens is 382 g/mol. The number of carbonyl (C=O) groups is 2. The summed E-state index contributed by atoms with van der Waals surface area (Å²) in [5.41, 5.74) is 4.51. The average Bonchev–Trinajstić information content (AvgIpc) is 3.09. The SMILES string of the molecule is COc1c(-c2nc3ccc(C)cc3o2)cc(N2CCC(=O)NC2=O)cc1C(C)(C)C. The number of fused-ring (bicyclic) bond motifs is 1. The van der Waals surface area contributed by atoms with Crippen LogP contribution in [0, 0.1) is 6.92 Å². The number of aromatic nitrogens is 1. The number of anilines is 1. The summed E-state index contributed by atoms with van der Waals surface area (Å²) in [4.78, 5) is 30.3. The summed E-state index contributed by atoms with van der Waals surface area (Å²) in [5.74, 6) is 0.812. The molecule has 1 aromatic heterocycles. The second kappa shape index (κ2) is 7.16. The van der Waals surface area contributed by atoms with Gasteiger partial charge in [0.15, 0.2) is 5.58 Å². The van der Waals surface area contributed by atoms with E-state index in [1.54, 1.807) is 12.0 Å². The minimum absolute atomic E-state index is 0.250. The van der Waals surface area contributed by atoms with E-state index < -0.39 is 6.03 Å². The van der Waals surface area contributed by atoms with Crippen LogP contribution in [0.15, 0.2) is 34.7 Å². The van der Waals surface area contributed by atoms with E-state index in [9.17, 15) is 9.59 Å². The van der Waals surface area contributed by atoms with Gasteiger partial charge in [-0.15, -0.1) is 0 Å². The number of amides is 3. The molecule has 4 rings (SSSR count). The molecule has 0 aliphatic carbocycles. The molecule has 30 heavy (non-hydrogen) atoms. The number of nitrogens with one attached hydrogen (secondary N) is 1. The number of hydrogen-bond acceptors (Lipinski definition) is 5. The largest absolute Gasteiger partial charge is 0.496 e. The lowest BCUT2D eigenvalue weighted by Crippen LogP contribution is -2.49. The highest BCUT2D eigenvalue weighted by Crippen LogP contribution is 2.43. The molecule has 1 aliphatic rings. The second-order valence-electron chi connectivity index (χ2n) is 8.57. The first kappa shape index (κ1) is 19.9. The van der Waals surface area contributed by atoms with Crippen LogP contribution in [-0.2, 0) is 10.2 Å². The van der Waals surface area contributed by atoms with Gasteiger partial charge >= 0.3 is 6.03 Å². The molecule has 0 spiro atoms.